The maximum Gasteiger partial charge on any atom is 0.264 e. The quantitative estimate of drug-likeness (QED) is 0.441. The highest BCUT2D eigenvalue weighted by atomic mass is 32.2. The molecule has 1 fully saturated rings. The second kappa shape index (κ2) is 10.8. The number of methoxy groups -OCH3 is 1. The van der Waals surface area contributed by atoms with Crippen LogP contribution >= 0.6 is 0 Å². The predicted molar refractivity (Wildman–Crippen MR) is 136 cm³/mol. The number of benzene rings is 2. The molecule has 4 rings (SSSR count). The lowest BCUT2D eigenvalue weighted by atomic mass is 10.1. The van der Waals surface area contributed by atoms with Crippen LogP contribution in [0, 0.1) is 0 Å². The molecule has 3 aromatic rings. The Morgan fingerprint density at radius 3 is 2.51 bits per heavy atom. The average molecular weight is 496 g/mol. The molecule has 0 radical (unpaired) electrons. The molecule has 0 atom stereocenters. The van der Waals surface area contributed by atoms with E-state index in [-0.39, 0.29) is 17.8 Å². The van der Waals surface area contributed by atoms with E-state index in [4.69, 9.17) is 9.47 Å². The third kappa shape index (κ3) is 5.92. The van der Waals surface area contributed by atoms with Crippen molar-refractivity contribution in [1.82, 2.24) is 4.98 Å². The van der Waals surface area contributed by atoms with Crippen LogP contribution in [0.25, 0.3) is 0 Å². The molecule has 35 heavy (non-hydrogen) atoms. The van der Waals surface area contributed by atoms with Crippen LogP contribution in [0.2, 0.25) is 0 Å². The van der Waals surface area contributed by atoms with E-state index in [1.165, 1.54) is 11.1 Å². The van der Waals surface area contributed by atoms with E-state index in [1.807, 2.05) is 0 Å². The van der Waals surface area contributed by atoms with Gasteiger partial charge in [-0.3, -0.25) is 19.4 Å². The van der Waals surface area contributed by atoms with Crippen LogP contribution in [-0.4, -0.2) is 38.3 Å². The van der Waals surface area contributed by atoms with Crippen LogP contribution in [0.1, 0.15) is 43.0 Å². The second-order valence-electron chi connectivity index (χ2n) is 8.30. The first-order valence-corrected chi connectivity index (χ1v) is 13.2. The topological polar surface area (TPSA) is 97.8 Å². The van der Waals surface area contributed by atoms with Crippen LogP contribution in [0.5, 0.6) is 11.5 Å². The molecule has 1 aliphatic rings. The Kier molecular flexibility index (Phi) is 7.55. The zero-order valence-electron chi connectivity index (χ0n) is 19.8. The monoisotopic (exact) mass is 495 g/mol. The van der Waals surface area contributed by atoms with Crippen LogP contribution in [-0.2, 0) is 10.0 Å². The minimum Gasteiger partial charge on any atom is -0.493 e. The Morgan fingerprint density at radius 1 is 1.06 bits per heavy atom. The van der Waals surface area contributed by atoms with Crippen LogP contribution in [0.15, 0.2) is 67.0 Å². The fraction of sp³-hybridized carbons (Fsp3) is 0.308. The summed E-state index contributed by atoms with van der Waals surface area (Å²) < 4.78 is 38.6. The van der Waals surface area contributed by atoms with Crippen molar-refractivity contribution in [3.05, 3.63) is 72.6 Å². The highest BCUT2D eigenvalue weighted by Crippen LogP contribution is 2.38. The molecule has 2 aromatic carbocycles. The van der Waals surface area contributed by atoms with Gasteiger partial charge in [-0.1, -0.05) is 6.07 Å². The first kappa shape index (κ1) is 24.5. The van der Waals surface area contributed by atoms with E-state index in [0.717, 1.165) is 25.7 Å². The second-order valence-corrected chi connectivity index (χ2v) is 10.3. The highest BCUT2D eigenvalue weighted by Gasteiger charge is 2.24. The summed E-state index contributed by atoms with van der Waals surface area (Å²) >= 11 is 0. The minimum absolute atomic E-state index is 0.0596. The molecule has 1 N–H and O–H groups in total. The van der Waals surface area contributed by atoms with Crippen molar-refractivity contribution in [2.45, 2.75) is 38.7 Å². The fourth-order valence-electron chi connectivity index (χ4n) is 4.04. The SMILES string of the molecule is CCS(=O)(=O)Nc1cccc(N(C(=O)c2cccnc2)c2ccc(OC)c(OC3CCCC3)c2)c1. The molecular weight excluding hydrogens is 466 g/mol. The first-order chi connectivity index (χ1) is 16.9. The van der Waals surface area contributed by atoms with Gasteiger partial charge in [-0.25, -0.2) is 8.42 Å². The molecular formula is C26H29N3O5S. The molecule has 0 spiro atoms. The third-order valence-corrected chi connectivity index (χ3v) is 7.18. The van der Waals surface area contributed by atoms with Crippen molar-refractivity contribution < 1.29 is 22.7 Å². The molecule has 0 saturated heterocycles. The average Bonchev–Trinajstić information content (AvgIpc) is 3.38. The van der Waals surface area contributed by atoms with Crippen molar-refractivity contribution >= 4 is 33.0 Å². The molecule has 1 saturated carbocycles. The number of carbonyl (C=O) groups excluding carboxylic acids is 1. The maximum absolute atomic E-state index is 13.7. The summed E-state index contributed by atoms with van der Waals surface area (Å²) in [4.78, 5) is 19.3. The van der Waals surface area contributed by atoms with Crippen molar-refractivity contribution in [3.63, 3.8) is 0 Å². The lowest BCUT2D eigenvalue weighted by Gasteiger charge is -2.25. The van der Waals surface area contributed by atoms with Gasteiger partial charge in [0.25, 0.3) is 5.91 Å². The number of aromatic nitrogens is 1. The van der Waals surface area contributed by atoms with E-state index < -0.39 is 10.0 Å². The molecule has 0 bridgehead atoms. The van der Waals surface area contributed by atoms with Gasteiger partial charge in [0.15, 0.2) is 11.5 Å². The Hall–Kier alpha value is -3.59. The Labute approximate surface area is 206 Å². The van der Waals surface area contributed by atoms with Gasteiger partial charge in [-0.05, 0) is 75.1 Å². The predicted octanol–water partition coefficient (Wildman–Crippen LogP) is 5.15. The molecule has 8 nitrogen and oxygen atoms in total. The molecule has 1 aliphatic carbocycles. The summed E-state index contributed by atoms with van der Waals surface area (Å²) in [6.07, 6.45) is 7.41. The van der Waals surface area contributed by atoms with Crippen molar-refractivity contribution in [3.8, 4) is 11.5 Å². The number of ether oxygens (including phenoxy) is 2. The van der Waals surface area contributed by atoms with E-state index >= 15 is 0 Å². The van der Waals surface area contributed by atoms with Gasteiger partial charge in [0.1, 0.15) is 0 Å². The van der Waals surface area contributed by atoms with Gasteiger partial charge >= 0.3 is 0 Å². The van der Waals surface area contributed by atoms with Gasteiger partial charge in [-0.15, -0.1) is 0 Å². The molecule has 9 heteroatoms. The number of nitrogens with zero attached hydrogens (tertiary/aromatic N) is 2. The normalized spacial score (nSPS) is 13.9. The number of rotatable bonds is 9. The van der Waals surface area contributed by atoms with Gasteiger partial charge in [0.2, 0.25) is 10.0 Å². The number of anilines is 3. The van der Waals surface area contributed by atoms with E-state index in [2.05, 4.69) is 9.71 Å². The van der Waals surface area contributed by atoms with Crippen LogP contribution in [0.4, 0.5) is 17.1 Å². The molecule has 0 unspecified atom stereocenters. The number of hydrogen-bond donors (Lipinski definition) is 1. The van der Waals surface area contributed by atoms with Gasteiger partial charge in [-0.2, -0.15) is 0 Å². The Bertz CT molecular complexity index is 1280. The van der Waals surface area contributed by atoms with Gasteiger partial charge < -0.3 is 9.47 Å². The summed E-state index contributed by atoms with van der Waals surface area (Å²) in [5, 5.41) is 0. The van der Waals surface area contributed by atoms with Crippen molar-refractivity contribution in [1.29, 1.82) is 0 Å². The largest absolute Gasteiger partial charge is 0.493 e. The number of carbonyl (C=O) groups is 1. The Morgan fingerprint density at radius 2 is 1.83 bits per heavy atom. The fourth-order valence-corrected chi connectivity index (χ4v) is 4.67. The lowest BCUT2D eigenvalue weighted by Crippen LogP contribution is -2.26. The van der Waals surface area contributed by atoms with Gasteiger partial charge in [0.05, 0.1) is 41.6 Å². The summed E-state index contributed by atoms with van der Waals surface area (Å²) in [7, 11) is -1.90. The molecule has 184 valence electrons. The van der Waals surface area contributed by atoms with E-state index in [0.29, 0.717) is 34.1 Å². The maximum atomic E-state index is 13.7. The lowest BCUT2D eigenvalue weighted by molar-refractivity contribution is 0.0999. The zero-order chi connectivity index (χ0) is 24.8. The Balaban J connectivity index is 1.78. The summed E-state index contributed by atoms with van der Waals surface area (Å²) in [6, 6.07) is 15.4. The van der Waals surface area contributed by atoms with Crippen molar-refractivity contribution in [2.24, 2.45) is 0 Å². The molecule has 1 heterocycles. The highest BCUT2D eigenvalue weighted by molar-refractivity contribution is 7.92. The first-order valence-electron chi connectivity index (χ1n) is 11.6. The standard InChI is InChI=1S/C26H29N3O5S/c1-3-35(31,32)28-20-9-6-10-21(16-20)29(26(30)19-8-7-15-27-18-19)22-13-14-24(33-2)25(17-22)34-23-11-4-5-12-23/h6-10,13-18,23,28H,3-5,11-12H2,1-2H3. The smallest absolute Gasteiger partial charge is 0.264 e. The third-order valence-electron chi connectivity index (χ3n) is 5.87. The minimum atomic E-state index is -3.48. The number of hydrogen-bond acceptors (Lipinski definition) is 6. The number of sulfonamides is 1. The summed E-state index contributed by atoms with van der Waals surface area (Å²) in [6.45, 7) is 1.56. The molecule has 1 amide bonds. The van der Waals surface area contributed by atoms with Gasteiger partial charge in [0, 0.05) is 18.5 Å². The summed E-state index contributed by atoms with van der Waals surface area (Å²) in [5.74, 6) is 0.767. The van der Waals surface area contributed by atoms with E-state index in [1.54, 1.807) is 74.8 Å². The number of pyridine rings is 1. The number of nitrogens with one attached hydrogen (secondary N) is 1. The van der Waals surface area contributed by atoms with E-state index in [9.17, 15) is 13.2 Å². The number of amides is 1. The molecule has 1 aromatic heterocycles. The molecule has 0 aliphatic heterocycles. The van der Waals surface area contributed by atoms with Crippen LogP contribution in [0.3, 0.4) is 0 Å². The summed E-state index contributed by atoms with van der Waals surface area (Å²) in [5.41, 5.74) is 1.81. The van der Waals surface area contributed by atoms with Crippen molar-refractivity contribution in [2.75, 3.05) is 22.5 Å². The van der Waals surface area contributed by atoms with Crippen LogP contribution < -0.4 is 19.1 Å². The zero-order valence-corrected chi connectivity index (χ0v) is 20.6.